The fraction of sp³-hybridized carbons (Fsp3) is 0.280. The van der Waals surface area contributed by atoms with Gasteiger partial charge in [-0.25, -0.2) is 4.90 Å². The number of aryl methyl sites for hydroxylation is 1. The number of carbonyl (C=O) groups excluding carboxylic acids is 2. The highest BCUT2D eigenvalue weighted by Gasteiger charge is 2.44. The van der Waals surface area contributed by atoms with Crippen molar-refractivity contribution in [3.63, 3.8) is 0 Å². The molecule has 0 aromatic heterocycles. The molecular weight excluding hydrogens is 378 g/mol. The van der Waals surface area contributed by atoms with Gasteiger partial charge in [0.15, 0.2) is 0 Å². The highest BCUT2D eigenvalue weighted by Crippen LogP contribution is 2.41. The van der Waals surface area contributed by atoms with Crippen molar-refractivity contribution in [3.05, 3.63) is 77.9 Å². The molecule has 3 rings (SSSR count). The van der Waals surface area contributed by atoms with Gasteiger partial charge in [0.25, 0.3) is 5.24 Å². The first kappa shape index (κ1) is 22.7. The van der Waals surface area contributed by atoms with E-state index in [1.807, 2.05) is 32.9 Å². The normalized spacial score (nSPS) is 16.8. The van der Waals surface area contributed by atoms with Crippen LogP contribution in [0.1, 0.15) is 55.9 Å². The van der Waals surface area contributed by atoms with Crippen LogP contribution in [0.4, 0.5) is 10.5 Å². The van der Waals surface area contributed by atoms with Crippen LogP contribution in [0.5, 0.6) is 0 Å². The van der Waals surface area contributed by atoms with Crippen LogP contribution < -0.4 is 4.90 Å². The van der Waals surface area contributed by atoms with Crippen LogP contribution in [0.25, 0.3) is 12.2 Å². The molecule has 1 aliphatic rings. The number of amides is 2. The zero-order chi connectivity index (χ0) is 21.6. The number of imide groups is 1. The van der Waals surface area contributed by atoms with Crippen LogP contribution in [-0.2, 0) is 11.2 Å². The number of rotatable bonds is 6. The van der Waals surface area contributed by atoms with Gasteiger partial charge >= 0.3 is 0 Å². The lowest BCUT2D eigenvalue weighted by Crippen LogP contribution is -2.33. The fourth-order valence-corrected chi connectivity index (χ4v) is 4.44. The Balaban J connectivity index is 0.00000145. The standard InChI is InChI=1S/C23H23NO2S.C2H6/c1-5-16-11-13-18(14-12-16)15(4)21-22(25)24(23(26)27-21)20-10-8-9-17(6-2)19(20)7-3;1-2/h6-15,21H,2-3,5H2,1,4H3;1-2H3. The SMILES string of the molecule is C=Cc1cccc(N2C(=O)SC(C(C)c3ccc(CC)cc3)C2=O)c1C=C.CC. The summed E-state index contributed by atoms with van der Waals surface area (Å²) in [4.78, 5) is 27.1. The third kappa shape index (κ3) is 4.54. The largest absolute Gasteiger partial charge is 0.293 e. The fourth-order valence-electron chi connectivity index (χ4n) is 3.36. The number of hydrogen-bond acceptors (Lipinski definition) is 3. The van der Waals surface area contributed by atoms with Crippen molar-refractivity contribution in [2.45, 2.75) is 45.3 Å². The van der Waals surface area contributed by atoms with Gasteiger partial charge in [0, 0.05) is 11.5 Å². The van der Waals surface area contributed by atoms with E-state index in [1.54, 1.807) is 18.2 Å². The molecule has 1 saturated heterocycles. The number of thioether (sulfide) groups is 1. The van der Waals surface area contributed by atoms with Crippen molar-refractivity contribution < 1.29 is 9.59 Å². The minimum atomic E-state index is -0.435. The highest BCUT2D eigenvalue weighted by atomic mass is 32.2. The van der Waals surface area contributed by atoms with E-state index in [2.05, 4.69) is 44.3 Å². The van der Waals surface area contributed by atoms with Gasteiger partial charge < -0.3 is 0 Å². The Morgan fingerprint density at radius 1 is 1.07 bits per heavy atom. The molecule has 1 fully saturated rings. The van der Waals surface area contributed by atoms with Crippen molar-refractivity contribution in [3.8, 4) is 0 Å². The Hall–Kier alpha value is -2.59. The van der Waals surface area contributed by atoms with E-state index in [9.17, 15) is 9.59 Å². The van der Waals surface area contributed by atoms with Crippen molar-refractivity contribution in [2.75, 3.05) is 4.90 Å². The molecule has 0 aliphatic carbocycles. The maximum Gasteiger partial charge on any atom is 0.293 e. The van der Waals surface area contributed by atoms with E-state index in [0.717, 1.165) is 34.9 Å². The van der Waals surface area contributed by atoms with Crippen LogP contribution >= 0.6 is 11.8 Å². The molecular formula is C25H29NO2S. The molecule has 0 radical (unpaired) electrons. The second-order valence-electron chi connectivity index (χ2n) is 6.55. The molecule has 1 aliphatic heterocycles. The molecule has 0 spiro atoms. The zero-order valence-electron chi connectivity index (χ0n) is 17.6. The van der Waals surface area contributed by atoms with Gasteiger partial charge in [-0.1, -0.05) is 89.4 Å². The number of hydrogen-bond donors (Lipinski definition) is 0. The molecule has 2 amide bonds. The quantitative estimate of drug-likeness (QED) is 0.521. The molecule has 2 unspecified atom stereocenters. The molecule has 0 N–H and O–H groups in total. The second kappa shape index (κ2) is 10.3. The lowest BCUT2D eigenvalue weighted by molar-refractivity contribution is -0.117. The summed E-state index contributed by atoms with van der Waals surface area (Å²) in [6.45, 7) is 15.7. The first-order chi connectivity index (χ1) is 14.0. The lowest BCUT2D eigenvalue weighted by atomic mass is 9.95. The maximum atomic E-state index is 13.1. The summed E-state index contributed by atoms with van der Waals surface area (Å²) in [6.07, 6.45) is 4.34. The Bertz CT molecular complexity index is 902. The Morgan fingerprint density at radius 2 is 1.72 bits per heavy atom. The summed E-state index contributed by atoms with van der Waals surface area (Å²) >= 11 is 1.10. The first-order valence-electron chi connectivity index (χ1n) is 10.0. The van der Waals surface area contributed by atoms with Crippen LogP contribution in [0.15, 0.2) is 55.6 Å². The predicted molar refractivity (Wildman–Crippen MR) is 126 cm³/mol. The number of carbonyl (C=O) groups is 2. The van der Waals surface area contributed by atoms with Crippen LogP contribution in [-0.4, -0.2) is 16.4 Å². The van der Waals surface area contributed by atoms with E-state index in [1.165, 1.54) is 10.5 Å². The minimum Gasteiger partial charge on any atom is -0.273 e. The monoisotopic (exact) mass is 407 g/mol. The summed E-state index contributed by atoms with van der Waals surface area (Å²) < 4.78 is 0. The zero-order valence-corrected chi connectivity index (χ0v) is 18.5. The van der Waals surface area contributed by atoms with Crippen LogP contribution in [0, 0.1) is 0 Å². The van der Waals surface area contributed by atoms with Gasteiger partial charge in [-0.2, -0.15) is 0 Å². The average Bonchev–Trinajstić information content (AvgIpc) is 3.07. The number of benzene rings is 2. The van der Waals surface area contributed by atoms with Gasteiger partial charge in [-0.15, -0.1) is 0 Å². The van der Waals surface area contributed by atoms with Crippen LogP contribution in [0.2, 0.25) is 0 Å². The summed E-state index contributed by atoms with van der Waals surface area (Å²) in [5, 5.41) is -0.679. The molecule has 2 aromatic rings. The van der Waals surface area contributed by atoms with Crippen molar-refractivity contribution in [2.24, 2.45) is 0 Å². The molecule has 1 heterocycles. The number of nitrogens with zero attached hydrogens (tertiary/aromatic N) is 1. The molecule has 2 atom stereocenters. The molecule has 0 saturated carbocycles. The Morgan fingerprint density at radius 3 is 2.28 bits per heavy atom. The summed E-state index contributed by atoms with van der Waals surface area (Å²) in [5.74, 6) is -0.237. The van der Waals surface area contributed by atoms with Gasteiger partial charge in [0.05, 0.1) is 5.69 Å². The van der Waals surface area contributed by atoms with Crippen molar-refractivity contribution >= 4 is 40.7 Å². The van der Waals surface area contributed by atoms with Gasteiger partial charge in [0.2, 0.25) is 5.91 Å². The van der Waals surface area contributed by atoms with Gasteiger partial charge in [-0.3, -0.25) is 9.59 Å². The molecule has 4 heteroatoms. The highest BCUT2D eigenvalue weighted by molar-refractivity contribution is 8.15. The van der Waals surface area contributed by atoms with Gasteiger partial charge in [-0.05, 0) is 40.9 Å². The Labute approximate surface area is 178 Å². The van der Waals surface area contributed by atoms with E-state index < -0.39 is 5.25 Å². The summed E-state index contributed by atoms with van der Waals surface area (Å²) in [5.41, 5.74) is 4.48. The third-order valence-electron chi connectivity index (χ3n) is 5.02. The molecule has 29 heavy (non-hydrogen) atoms. The Kier molecular flexibility index (Phi) is 8.03. The lowest BCUT2D eigenvalue weighted by Gasteiger charge is -2.20. The van der Waals surface area contributed by atoms with E-state index in [-0.39, 0.29) is 17.1 Å². The number of anilines is 1. The topological polar surface area (TPSA) is 37.4 Å². The third-order valence-corrected chi connectivity index (χ3v) is 6.27. The van der Waals surface area contributed by atoms with E-state index in [4.69, 9.17) is 0 Å². The first-order valence-corrected chi connectivity index (χ1v) is 10.9. The van der Waals surface area contributed by atoms with E-state index in [0.29, 0.717) is 5.69 Å². The van der Waals surface area contributed by atoms with Crippen molar-refractivity contribution in [1.82, 2.24) is 0 Å². The minimum absolute atomic E-state index is 0.0582. The van der Waals surface area contributed by atoms with Gasteiger partial charge in [0.1, 0.15) is 5.25 Å². The summed E-state index contributed by atoms with van der Waals surface area (Å²) in [7, 11) is 0. The maximum absolute atomic E-state index is 13.1. The predicted octanol–water partition coefficient (Wildman–Crippen LogP) is 6.93. The smallest absolute Gasteiger partial charge is 0.273 e. The molecule has 152 valence electrons. The van der Waals surface area contributed by atoms with Crippen LogP contribution in [0.3, 0.4) is 0 Å². The molecule has 0 bridgehead atoms. The van der Waals surface area contributed by atoms with E-state index >= 15 is 0 Å². The molecule has 3 nitrogen and oxygen atoms in total. The molecule has 2 aromatic carbocycles. The summed E-state index contributed by atoms with van der Waals surface area (Å²) in [6, 6.07) is 13.8. The average molecular weight is 408 g/mol. The van der Waals surface area contributed by atoms with Crippen molar-refractivity contribution in [1.29, 1.82) is 0 Å². The second-order valence-corrected chi connectivity index (χ2v) is 7.64.